The average Bonchev–Trinajstić information content (AvgIpc) is 2.86. The third-order valence-corrected chi connectivity index (χ3v) is 6.95. The Bertz CT molecular complexity index is 1400. The van der Waals surface area contributed by atoms with E-state index < -0.39 is 33.6 Å². The van der Waals surface area contributed by atoms with Crippen molar-refractivity contribution in [3.05, 3.63) is 83.9 Å². The van der Waals surface area contributed by atoms with Crippen molar-refractivity contribution in [1.82, 2.24) is 14.6 Å². The van der Waals surface area contributed by atoms with Crippen LogP contribution in [0.25, 0.3) is 0 Å². The largest absolute Gasteiger partial charge is 0.354 e. The number of benzene rings is 2. The van der Waals surface area contributed by atoms with Gasteiger partial charge in [-0.25, -0.2) is 12.8 Å². The zero-order chi connectivity index (χ0) is 25.0. The molecule has 10 nitrogen and oxygen atoms in total. The van der Waals surface area contributed by atoms with Gasteiger partial charge in [0.05, 0.1) is 22.8 Å². The highest BCUT2D eigenvalue weighted by molar-refractivity contribution is 7.89. The first-order chi connectivity index (χ1) is 16.7. The zero-order valence-corrected chi connectivity index (χ0v) is 19.0. The van der Waals surface area contributed by atoms with Gasteiger partial charge in [-0.3, -0.25) is 19.4 Å². The minimum absolute atomic E-state index is 0.0150. The summed E-state index contributed by atoms with van der Waals surface area (Å²) in [6.45, 7) is -0.0285. The fraction of sp³-hybridized carbons (Fsp3) is 0.130. The number of carbonyl (C=O) groups is 3. The standard InChI is InChI=1S/C23H20FN5O5S/c24-16-7-8-18(27-23(32)19-6-1-2-9-25-19)20(13-16)28-22(31)15-4-3-5-17(12-15)35(33,34)29-11-10-26-21(30)14-29/h1-9,12-13H,10-11,14H2,(H,26,30)(H,27,32)(H,28,31). The number of sulfonamides is 1. The molecule has 1 aliphatic rings. The SMILES string of the molecule is O=C1CN(S(=O)(=O)c2cccc(C(=O)Nc3cc(F)ccc3NC(=O)c3ccccn3)c2)CCN1. The fourth-order valence-electron chi connectivity index (χ4n) is 3.37. The van der Waals surface area contributed by atoms with Crippen LogP contribution >= 0.6 is 0 Å². The summed E-state index contributed by atoms with van der Waals surface area (Å²) in [5, 5.41) is 7.63. The van der Waals surface area contributed by atoms with Gasteiger partial charge in [0, 0.05) is 24.8 Å². The molecule has 0 bridgehead atoms. The van der Waals surface area contributed by atoms with E-state index >= 15 is 0 Å². The Hall–Kier alpha value is -4.16. The maximum atomic E-state index is 13.9. The van der Waals surface area contributed by atoms with Gasteiger partial charge in [-0.2, -0.15) is 4.31 Å². The van der Waals surface area contributed by atoms with E-state index in [1.165, 1.54) is 42.6 Å². The highest BCUT2D eigenvalue weighted by Gasteiger charge is 2.29. The molecule has 1 fully saturated rings. The number of hydrogen-bond donors (Lipinski definition) is 3. The molecule has 0 radical (unpaired) electrons. The molecule has 1 aromatic heterocycles. The number of amides is 3. The lowest BCUT2D eigenvalue weighted by Gasteiger charge is -2.26. The third-order valence-electron chi connectivity index (χ3n) is 5.11. The van der Waals surface area contributed by atoms with Crippen LogP contribution in [0.1, 0.15) is 20.8 Å². The van der Waals surface area contributed by atoms with Crippen LogP contribution in [0.15, 0.2) is 71.8 Å². The van der Waals surface area contributed by atoms with Crippen LogP contribution < -0.4 is 16.0 Å². The number of hydrogen-bond acceptors (Lipinski definition) is 6. The summed E-state index contributed by atoms with van der Waals surface area (Å²) in [7, 11) is -4.02. The van der Waals surface area contributed by atoms with E-state index in [0.29, 0.717) is 0 Å². The topological polar surface area (TPSA) is 138 Å². The van der Waals surface area contributed by atoms with Gasteiger partial charge in [0.2, 0.25) is 15.9 Å². The number of halogens is 1. The van der Waals surface area contributed by atoms with Gasteiger partial charge >= 0.3 is 0 Å². The molecule has 3 N–H and O–H groups in total. The summed E-state index contributed by atoms with van der Waals surface area (Å²) in [5.41, 5.74) is 0.205. The molecule has 3 amide bonds. The zero-order valence-electron chi connectivity index (χ0n) is 18.2. The Labute approximate surface area is 200 Å². The van der Waals surface area contributed by atoms with Crippen LogP contribution in [0, 0.1) is 5.82 Å². The van der Waals surface area contributed by atoms with E-state index in [0.717, 1.165) is 16.4 Å². The van der Waals surface area contributed by atoms with Crippen molar-refractivity contribution in [2.24, 2.45) is 0 Å². The minimum Gasteiger partial charge on any atom is -0.354 e. The number of anilines is 2. The quantitative estimate of drug-likeness (QED) is 0.475. The lowest BCUT2D eigenvalue weighted by molar-refractivity contribution is -0.122. The minimum atomic E-state index is -4.02. The predicted octanol–water partition coefficient (Wildman–Crippen LogP) is 1.85. The van der Waals surface area contributed by atoms with Crippen LogP contribution in [0.4, 0.5) is 15.8 Å². The molecule has 0 saturated carbocycles. The molecule has 35 heavy (non-hydrogen) atoms. The average molecular weight is 498 g/mol. The monoisotopic (exact) mass is 497 g/mol. The second kappa shape index (κ2) is 9.99. The first-order valence-corrected chi connectivity index (χ1v) is 11.9. The first-order valence-electron chi connectivity index (χ1n) is 10.4. The van der Waals surface area contributed by atoms with Gasteiger partial charge in [-0.1, -0.05) is 12.1 Å². The second-order valence-electron chi connectivity index (χ2n) is 7.53. The molecule has 0 aliphatic carbocycles. The maximum Gasteiger partial charge on any atom is 0.274 e. The molecule has 180 valence electrons. The van der Waals surface area contributed by atoms with E-state index in [1.807, 2.05) is 0 Å². The molecule has 0 atom stereocenters. The second-order valence-corrected chi connectivity index (χ2v) is 9.47. The summed E-state index contributed by atoms with van der Waals surface area (Å²) < 4.78 is 40.8. The van der Waals surface area contributed by atoms with Gasteiger partial charge in [0.15, 0.2) is 0 Å². The summed E-state index contributed by atoms with van der Waals surface area (Å²) in [4.78, 5) is 40.8. The molecular weight excluding hydrogens is 477 g/mol. The van der Waals surface area contributed by atoms with E-state index in [-0.39, 0.29) is 47.2 Å². The number of pyridine rings is 1. The first kappa shape index (κ1) is 24.0. The summed E-state index contributed by atoms with van der Waals surface area (Å²) >= 11 is 0. The highest BCUT2D eigenvalue weighted by Crippen LogP contribution is 2.25. The van der Waals surface area contributed by atoms with E-state index in [4.69, 9.17) is 0 Å². The Kier molecular flexibility index (Phi) is 6.85. The van der Waals surface area contributed by atoms with Gasteiger partial charge in [0.25, 0.3) is 11.8 Å². The van der Waals surface area contributed by atoms with E-state index in [1.54, 1.807) is 12.1 Å². The van der Waals surface area contributed by atoms with Gasteiger partial charge in [-0.15, -0.1) is 0 Å². The number of piperazine rings is 1. The van der Waals surface area contributed by atoms with Crippen molar-refractivity contribution in [2.75, 3.05) is 30.3 Å². The number of carbonyl (C=O) groups excluding carboxylic acids is 3. The van der Waals surface area contributed by atoms with Gasteiger partial charge < -0.3 is 16.0 Å². The Morgan fingerprint density at radius 2 is 1.77 bits per heavy atom. The molecule has 12 heteroatoms. The van der Waals surface area contributed by atoms with Crippen molar-refractivity contribution < 1.29 is 27.2 Å². The number of aromatic nitrogens is 1. The molecule has 1 aliphatic heterocycles. The molecule has 3 aromatic rings. The van der Waals surface area contributed by atoms with Crippen LogP contribution in [0.5, 0.6) is 0 Å². The van der Waals surface area contributed by atoms with Crippen molar-refractivity contribution in [1.29, 1.82) is 0 Å². The molecule has 4 rings (SSSR count). The third kappa shape index (κ3) is 5.50. The molecular formula is C23H20FN5O5S. The van der Waals surface area contributed by atoms with Crippen molar-refractivity contribution >= 4 is 39.1 Å². The Balaban J connectivity index is 1.56. The molecule has 2 aromatic carbocycles. The maximum absolute atomic E-state index is 13.9. The number of rotatable bonds is 6. The predicted molar refractivity (Wildman–Crippen MR) is 125 cm³/mol. The molecule has 0 spiro atoms. The Morgan fingerprint density at radius 1 is 0.971 bits per heavy atom. The van der Waals surface area contributed by atoms with E-state index in [2.05, 4.69) is 20.9 Å². The van der Waals surface area contributed by atoms with Crippen molar-refractivity contribution in [2.45, 2.75) is 4.90 Å². The fourth-order valence-corrected chi connectivity index (χ4v) is 4.82. The number of nitrogens with one attached hydrogen (secondary N) is 3. The lowest BCUT2D eigenvalue weighted by Crippen LogP contribution is -2.49. The van der Waals surface area contributed by atoms with Crippen LogP contribution in [-0.4, -0.2) is 55.1 Å². The van der Waals surface area contributed by atoms with Crippen LogP contribution in [-0.2, 0) is 14.8 Å². The van der Waals surface area contributed by atoms with Crippen molar-refractivity contribution in [3.8, 4) is 0 Å². The molecule has 0 unspecified atom stereocenters. The Morgan fingerprint density at radius 3 is 2.51 bits per heavy atom. The molecule has 2 heterocycles. The molecule has 1 saturated heterocycles. The lowest BCUT2D eigenvalue weighted by atomic mass is 10.2. The van der Waals surface area contributed by atoms with Gasteiger partial charge in [0.1, 0.15) is 11.5 Å². The van der Waals surface area contributed by atoms with Gasteiger partial charge in [-0.05, 0) is 48.5 Å². The van der Waals surface area contributed by atoms with Crippen LogP contribution in [0.2, 0.25) is 0 Å². The smallest absolute Gasteiger partial charge is 0.274 e. The summed E-state index contributed by atoms with van der Waals surface area (Å²) in [6, 6.07) is 13.5. The summed E-state index contributed by atoms with van der Waals surface area (Å²) in [6.07, 6.45) is 1.44. The van der Waals surface area contributed by atoms with E-state index in [9.17, 15) is 27.2 Å². The highest BCUT2D eigenvalue weighted by atomic mass is 32.2. The normalized spacial score (nSPS) is 14.1. The number of nitrogens with zero attached hydrogens (tertiary/aromatic N) is 2. The van der Waals surface area contributed by atoms with Crippen LogP contribution in [0.3, 0.4) is 0 Å². The van der Waals surface area contributed by atoms with Crippen molar-refractivity contribution in [3.63, 3.8) is 0 Å². The summed E-state index contributed by atoms with van der Waals surface area (Å²) in [5.74, 6) is -2.36.